The monoisotopic (exact) mass is 540 g/mol. The maximum absolute atomic E-state index is 13.8. The zero-order valence-electron chi connectivity index (χ0n) is 20.4. The van der Waals surface area contributed by atoms with Crippen molar-refractivity contribution in [3.63, 3.8) is 0 Å². The molecule has 0 saturated carbocycles. The maximum Gasteiger partial charge on any atom is 0.301 e. The van der Waals surface area contributed by atoms with Crippen LogP contribution in [0.2, 0.25) is 0 Å². The number of amidine groups is 1. The third kappa shape index (κ3) is 4.68. The lowest BCUT2D eigenvalue weighted by Crippen LogP contribution is -2.36. The summed E-state index contributed by atoms with van der Waals surface area (Å²) in [6.45, 7) is 0. The number of amides is 1. The van der Waals surface area contributed by atoms with E-state index in [0.717, 1.165) is 28.0 Å². The van der Waals surface area contributed by atoms with Gasteiger partial charge in [0.2, 0.25) is 0 Å². The van der Waals surface area contributed by atoms with Gasteiger partial charge in [-0.3, -0.25) is 9.35 Å². The fourth-order valence-corrected chi connectivity index (χ4v) is 6.30. The van der Waals surface area contributed by atoms with Gasteiger partial charge in [-0.15, -0.1) is 0 Å². The number of rotatable bonds is 2. The number of hydrogen-bond acceptors (Lipinski definition) is 6. The first-order valence-electron chi connectivity index (χ1n) is 12.2. The van der Waals surface area contributed by atoms with Crippen molar-refractivity contribution in [2.45, 2.75) is 24.0 Å². The quantitative estimate of drug-likeness (QED) is 0.503. The molecule has 2 atom stereocenters. The highest BCUT2D eigenvalue weighted by Crippen LogP contribution is 2.32. The van der Waals surface area contributed by atoms with E-state index in [-0.39, 0.29) is 18.0 Å². The Bertz CT molecular complexity index is 1940. The summed E-state index contributed by atoms with van der Waals surface area (Å²) in [5.74, 6) is -1.06. The second-order valence-corrected chi connectivity index (χ2v) is 11.0. The van der Waals surface area contributed by atoms with Gasteiger partial charge in [0.1, 0.15) is 23.7 Å². The fraction of sp³-hybridized carbons (Fsp3) is 0.138. The number of aliphatic imine (C=N–C) groups is 4. The molecule has 0 bridgehead atoms. The van der Waals surface area contributed by atoms with E-state index < -0.39 is 27.1 Å². The van der Waals surface area contributed by atoms with Gasteiger partial charge < -0.3 is 0 Å². The van der Waals surface area contributed by atoms with E-state index in [9.17, 15) is 22.2 Å². The van der Waals surface area contributed by atoms with Crippen molar-refractivity contribution < 1.29 is 22.2 Å². The van der Waals surface area contributed by atoms with Gasteiger partial charge in [0, 0.05) is 5.92 Å². The van der Waals surface area contributed by atoms with Crippen LogP contribution in [-0.4, -0.2) is 48.4 Å². The first kappa shape index (κ1) is 24.9. The number of halogens is 1. The first-order valence-corrected chi connectivity index (χ1v) is 13.7. The molecule has 10 heteroatoms. The number of carbonyl (C=O) groups is 1. The molecule has 8 nitrogen and oxygen atoms in total. The van der Waals surface area contributed by atoms with E-state index in [1.165, 1.54) is 35.6 Å². The Hall–Kier alpha value is -4.41. The number of nitrogens with zero attached hydrogens (tertiary/aromatic N) is 4. The van der Waals surface area contributed by atoms with Crippen LogP contribution in [0, 0.1) is 5.82 Å². The molecule has 0 fully saturated rings. The summed E-state index contributed by atoms with van der Waals surface area (Å²) in [5.41, 5.74) is 2.91. The molecule has 7 rings (SSSR count). The van der Waals surface area contributed by atoms with Crippen LogP contribution < -0.4 is 10.4 Å². The minimum Gasteiger partial charge on any atom is -0.285 e. The van der Waals surface area contributed by atoms with E-state index in [0.29, 0.717) is 11.4 Å². The lowest BCUT2D eigenvalue weighted by molar-refractivity contribution is -0.111. The summed E-state index contributed by atoms with van der Waals surface area (Å²) < 4.78 is 48.0. The summed E-state index contributed by atoms with van der Waals surface area (Å²) in [7, 11) is -4.32. The first-order chi connectivity index (χ1) is 18.8. The van der Waals surface area contributed by atoms with Gasteiger partial charge in [-0.1, -0.05) is 60.7 Å². The second-order valence-electron chi connectivity index (χ2n) is 9.40. The third-order valence-corrected chi connectivity index (χ3v) is 8.35. The number of benzene rings is 3. The summed E-state index contributed by atoms with van der Waals surface area (Å²) in [4.78, 5) is 25.3. The van der Waals surface area contributed by atoms with E-state index in [1.807, 2.05) is 18.2 Å². The van der Waals surface area contributed by atoms with Crippen LogP contribution in [0.4, 0.5) is 4.39 Å². The van der Waals surface area contributed by atoms with Crippen molar-refractivity contribution in [3.05, 3.63) is 93.6 Å². The van der Waals surface area contributed by atoms with E-state index in [2.05, 4.69) is 50.3 Å². The van der Waals surface area contributed by atoms with Crippen molar-refractivity contribution in [2.75, 3.05) is 0 Å². The molecular weight excluding hydrogens is 519 g/mol. The van der Waals surface area contributed by atoms with Gasteiger partial charge >= 0.3 is 5.91 Å². The highest BCUT2D eigenvalue weighted by atomic mass is 32.2. The number of allylic oxidation sites excluding steroid dienone is 2. The molecule has 194 valence electrons. The van der Waals surface area contributed by atoms with Crippen molar-refractivity contribution >= 4 is 63.2 Å². The van der Waals surface area contributed by atoms with Crippen LogP contribution in [0.5, 0.6) is 0 Å². The Morgan fingerprint density at radius 1 is 0.923 bits per heavy atom. The van der Waals surface area contributed by atoms with Crippen LogP contribution in [-0.2, 0) is 27.8 Å². The molecule has 3 aromatic rings. The highest BCUT2D eigenvalue weighted by molar-refractivity contribution is 7.86. The molecule has 39 heavy (non-hydrogen) atoms. The summed E-state index contributed by atoms with van der Waals surface area (Å²) >= 11 is 0. The number of carbonyl (C=O) groups excluding carboxylic acids is 1. The molecule has 2 unspecified atom stereocenters. The summed E-state index contributed by atoms with van der Waals surface area (Å²) in [6.07, 6.45) is 11.7. The molecule has 0 radical (unpaired) electrons. The third-order valence-electron chi connectivity index (χ3n) is 7.12. The predicted molar refractivity (Wildman–Crippen MR) is 150 cm³/mol. The molecule has 1 N–H and O–H groups in total. The van der Waals surface area contributed by atoms with Gasteiger partial charge in [-0.2, -0.15) is 13.4 Å². The minimum atomic E-state index is -4.32. The van der Waals surface area contributed by atoms with Crippen LogP contribution in [0.15, 0.2) is 80.7 Å². The Labute approximate surface area is 222 Å². The molecule has 1 amide bonds. The van der Waals surface area contributed by atoms with Crippen LogP contribution in [0.25, 0.3) is 22.9 Å². The second kappa shape index (κ2) is 9.72. The molecule has 4 aliphatic rings. The summed E-state index contributed by atoms with van der Waals surface area (Å²) in [5, 5.41) is 3.26. The fourth-order valence-electron chi connectivity index (χ4n) is 5.30. The zero-order chi connectivity index (χ0) is 27.1. The van der Waals surface area contributed by atoms with Gasteiger partial charge in [-0.25, -0.2) is 19.4 Å². The predicted octanol–water partition coefficient (Wildman–Crippen LogP) is 2.68. The summed E-state index contributed by atoms with van der Waals surface area (Å²) in [6, 6.07) is 14.1. The lowest BCUT2D eigenvalue weighted by atomic mass is 9.83. The smallest absolute Gasteiger partial charge is 0.285 e. The molecule has 2 aliphatic carbocycles. The van der Waals surface area contributed by atoms with E-state index >= 15 is 0 Å². The largest absolute Gasteiger partial charge is 0.301 e. The average Bonchev–Trinajstić information content (AvgIpc) is 3.42. The highest BCUT2D eigenvalue weighted by Gasteiger charge is 2.35. The minimum absolute atomic E-state index is 0.183. The SMILES string of the molecule is O=C1N=CN=C2N=CN=C12.O=S(=O)(O)C1Cc2ccc3c4c(ccc3c2=CC1c1cccc(F)c1)CC=CC=4. The van der Waals surface area contributed by atoms with Crippen LogP contribution in [0.1, 0.15) is 22.6 Å². The topological polar surface area (TPSA) is 121 Å². The lowest BCUT2D eigenvalue weighted by Gasteiger charge is -2.27. The molecular formula is C29H21FN4O4S. The van der Waals surface area contributed by atoms with Crippen molar-refractivity contribution in [1.82, 2.24) is 0 Å². The van der Waals surface area contributed by atoms with Gasteiger partial charge in [0.25, 0.3) is 10.1 Å². The standard InChI is InChI=1S/C24H19FO3S.C5H2N4O/c25-18-6-3-5-16(12-18)23-14-22-17(13-24(23)29(26,27)28)9-11-20-19-7-2-1-4-15(19)8-10-21(20)22;10-5-3-4(7-1-6-3)8-2-9-5/h1-3,5-12,14,23-24H,4,13H2,(H,26,27,28);1-2H. The van der Waals surface area contributed by atoms with Gasteiger partial charge in [-0.05, 0) is 62.9 Å². The van der Waals surface area contributed by atoms with Crippen molar-refractivity contribution in [1.29, 1.82) is 0 Å². The molecule has 0 spiro atoms. The molecule has 3 aromatic carbocycles. The van der Waals surface area contributed by atoms with E-state index in [1.54, 1.807) is 12.1 Å². The maximum atomic E-state index is 13.8. The van der Waals surface area contributed by atoms with Gasteiger partial charge in [0.15, 0.2) is 11.5 Å². The van der Waals surface area contributed by atoms with Crippen LogP contribution >= 0.6 is 0 Å². The average molecular weight is 541 g/mol. The Balaban J connectivity index is 0.000000231. The molecule has 2 heterocycles. The molecule has 0 aromatic heterocycles. The Morgan fingerprint density at radius 2 is 1.69 bits per heavy atom. The number of hydrogen-bond donors (Lipinski definition) is 1. The van der Waals surface area contributed by atoms with Crippen molar-refractivity contribution in [2.24, 2.45) is 20.0 Å². The molecule has 0 saturated heterocycles. The Kier molecular flexibility index (Phi) is 6.20. The normalized spacial score (nSPS) is 20.5. The molecule has 2 aliphatic heterocycles. The van der Waals surface area contributed by atoms with Crippen LogP contribution in [0.3, 0.4) is 0 Å². The van der Waals surface area contributed by atoms with Crippen molar-refractivity contribution in [3.8, 4) is 0 Å². The number of fused-ring (bicyclic) bond motifs is 6. The Morgan fingerprint density at radius 3 is 2.46 bits per heavy atom. The zero-order valence-corrected chi connectivity index (χ0v) is 21.2. The van der Waals surface area contributed by atoms with E-state index in [4.69, 9.17) is 0 Å². The van der Waals surface area contributed by atoms with Gasteiger partial charge in [0.05, 0.1) is 0 Å².